The summed E-state index contributed by atoms with van der Waals surface area (Å²) in [6, 6.07) is 6.16. The predicted octanol–water partition coefficient (Wildman–Crippen LogP) is 3.48. The first-order valence-corrected chi connectivity index (χ1v) is 6.72. The first kappa shape index (κ1) is 13.2. The standard InChI is InChI=1S/C13H16BrN3O/c1-4-11(15-3)13-17-16-12(18-13)9-7-8(2)5-6-10(9)14/h5-7,11,15H,4H2,1-3H3. The topological polar surface area (TPSA) is 51.0 Å². The molecular formula is C13H16BrN3O. The molecule has 18 heavy (non-hydrogen) atoms. The number of nitrogens with zero attached hydrogens (tertiary/aromatic N) is 2. The van der Waals surface area contributed by atoms with E-state index in [1.165, 1.54) is 0 Å². The summed E-state index contributed by atoms with van der Waals surface area (Å²) in [4.78, 5) is 0. The molecule has 1 aromatic heterocycles. The van der Waals surface area contributed by atoms with Crippen molar-refractivity contribution in [3.63, 3.8) is 0 Å². The van der Waals surface area contributed by atoms with Crippen LogP contribution in [0.25, 0.3) is 11.5 Å². The molecule has 0 amide bonds. The van der Waals surface area contributed by atoms with Gasteiger partial charge in [0.25, 0.3) is 0 Å². The quantitative estimate of drug-likeness (QED) is 0.939. The van der Waals surface area contributed by atoms with Gasteiger partial charge in [0.15, 0.2) is 0 Å². The second-order valence-electron chi connectivity index (χ2n) is 4.18. The third-order valence-corrected chi connectivity index (χ3v) is 3.54. The molecule has 96 valence electrons. The Morgan fingerprint density at radius 3 is 2.83 bits per heavy atom. The minimum Gasteiger partial charge on any atom is -0.419 e. The molecule has 1 atom stereocenters. The lowest BCUT2D eigenvalue weighted by Gasteiger charge is -2.07. The Labute approximate surface area is 115 Å². The number of hydrogen-bond acceptors (Lipinski definition) is 4. The van der Waals surface area contributed by atoms with E-state index in [0.717, 1.165) is 22.0 Å². The third-order valence-electron chi connectivity index (χ3n) is 2.85. The Morgan fingerprint density at radius 1 is 1.39 bits per heavy atom. The Bertz CT molecular complexity index is 535. The first-order chi connectivity index (χ1) is 8.65. The van der Waals surface area contributed by atoms with Gasteiger partial charge in [-0.05, 0) is 48.5 Å². The summed E-state index contributed by atoms with van der Waals surface area (Å²) in [6.45, 7) is 4.11. The minimum absolute atomic E-state index is 0.106. The molecule has 0 spiro atoms. The molecule has 2 rings (SSSR count). The molecule has 1 unspecified atom stereocenters. The van der Waals surface area contributed by atoms with E-state index < -0.39 is 0 Å². The van der Waals surface area contributed by atoms with Crippen LogP contribution < -0.4 is 5.32 Å². The average Bonchev–Trinajstić information content (AvgIpc) is 2.83. The van der Waals surface area contributed by atoms with Crippen LogP contribution in [0.15, 0.2) is 27.1 Å². The van der Waals surface area contributed by atoms with Crippen LogP contribution in [0.4, 0.5) is 0 Å². The average molecular weight is 310 g/mol. The molecule has 0 saturated heterocycles. The predicted molar refractivity (Wildman–Crippen MR) is 74.3 cm³/mol. The van der Waals surface area contributed by atoms with E-state index in [9.17, 15) is 0 Å². The summed E-state index contributed by atoms with van der Waals surface area (Å²) in [5.41, 5.74) is 2.09. The maximum Gasteiger partial charge on any atom is 0.248 e. The molecule has 1 N–H and O–H groups in total. The molecule has 0 aliphatic carbocycles. The van der Waals surface area contributed by atoms with Gasteiger partial charge in [-0.3, -0.25) is 0 Å². The smallest absolute Gasteiger partial charge is 0.248 e. The van der Waals surface area contributed by atoms with Crippen molar-refractivity contribution in [2.75, 3.05) is 7.05 Å². The van der Waals surface area contributed by atoms with E-state index in [4.69, 9.17) is 4.42 Å². The Kier molecular flexibility index (Phi) is 4.14. The fraction of sp³-hybridized carbons (Fsp3) is 0.385. The van der Waals surface area contributed by atoms with Crippen LogP contribution in [-0.4, -0.2) is 17.2 Å². The summed E-state index contributed by atoms with van der Waals surface area (Å²) in [5.74, 6) is 1.18. The van der Waals surface area contributed by atoms with Crippen LogP contribution in [-0.2, 0) is 0 Å². The van der Waals surface area contributed by atoms with Gasteiger partial charge in [0.1, 0.15) is 0 Å². The molecule has 5 heteroatoms. The summed E-state index contributed by atoms with van der Waals surface area (Å²) in [6.07, 6.45) is 0.910. The third kappa shape index (κ3) is 2.62. The summed E-state index contributed by atoms with van der Waals surface area (Å²) in [7, 11) is 1.89. The molecule has 0 radical (unpaired) electrons. The van der Waals surface area contributed by atoms with Gasteiger partial charge in [-0.2, -0.15) is 0 Å². The summed E-state index contributed by atoms with van der Waals surface area (Å²) >= 11 is 3.50. The second-order valence-corrected chi connectivity index (χ2v) is 5.03. The van der Waals surface area contributed by atoms with Gasteiger partial charge in [-0.15, -0.1) is 10.2 Å². The fourth-order valence-electron chi connectivity index (χ4n) is 1.79. The van der Waals surface area contributed by atoms with E-state index in [1.54, 1.807) is 0 Å². The number of halogens is 1. The SMILES string of the molecule is CCC(NC)c1nnc(-c2cc(C)ccc2Br)o1. The second kappa shape index (κ2) is 5.63. The van der Waals surface area contributed by atoms with Crippen LogP contribution in [0.5, 0.6) is 0 Å². The van der Waals surface area contributed by atoms with Gasteiger partial charge in [-0.25, -0.2) is 0 Å². The van der Waals surface area contributed by atoms with E-state index >= 15 is 0 Å². The number of aryl methyl sites for hydroxylation is 1. The van der Waals surface area contributed by atoms with E-state index in [2.05, 4.69) is 38.4 Å². The Balaban J connectivity index is 2.37. The van der Waals surface area contributed by atoms with Crippen molar-refractivity contribution in [3.8, 4) is 11.5 Å². The van der Waals surface area contributed by atoms with Crippen molar-refractivity contribution in [1.82, 2.24) is 15.5 Å². The van der Waals surface area contributed by atoms with Gasteiger partial charge in [0, 0.05) is 4.47 Å². The van der Waals surface area contributed by atoms with E-state index in [1.807, 2.05) is 32.2 Å². The van der Waals surface area contributed by atoms with Gasteiger partial charge < -0.3 is 9.73 Å². The normalized spacial score (nSPS) is 12.7. The van der Waals surface area contributed by atoms with Gasteiger partial charge in [-0.1, -0.05) is 18.6 Å². The Morgan fingerprint density at radius 2 is 2.17 bits per heavy atom. The largest absolute Gasteiger partial charge is 0.419 e. The number of nitrogens with one attached hydrogen (secondary N) is 1. The number of hydrogen-bond donors (Lipinski definition) is 1. The van der Waals surface area contributed by atoms with Crippen LogP contribution >= 0.6 is 15.9 Å². The highest BCUT2D eigenvalue weighted by Crippen LogP contribution is 2.29. The zero-order chi connectivity index (χ0) is 13.1. The molecule has 0 aliphatic heterocycles. The molecule has 0 bridgehead atoms. The van der Waals surface area contributed by atoms with Crippen LogP contribution in [0.1, 0.15) is 30.8 Å². The molecule has 0 saturated carbocycles. The van der Waals surface area contributed by atoms with Crippen LogP contribution in [0, 0.1) is 6.92 Å². The van der Waals surface area contributed by atoms with Gasteiger partial charge >= 0.3 is 0 Å². The zero-order valence-electron chi connectivity index (χ0n) is 10.7. The highest BCUT2D eigenvalue weighted by atomic mass is 79.9. The lowest BCUT2D eigenvalue weighted by molar-refractivity contribution is 0.415. The van der Waals surface area contributed by atoms with E-state index in [-0.39, 0.29) is 6.04 Å². The maximum atomic E-state index is 5.73. The molecule has 1 aromatic carbocycles. The minimum atomic E-state index is 0.106. The summed E-state index contributed by atoms with van der Waals surface area (Å²) in [5, 5.41) is 11.4. The lowest BCUT2D eigenvalue weighted by Crippen LogP contribution is -2.15. The van der Waals surface area contributed by atoms with Crippen molar-refractivity contribution in [2.24, 2.45) is 0 Å². The molecule has 2 aromatic rings. The Hall–Kier alpha value is -1.20. The monoisotopic (exact) mass is 309 g/mol. The molecular weight excluding hydrogens is 294 g/mol. The maximum absolute atomic E-state index is 5.73. The highest BCUT2D eigenvalue weighted by Gasteiger charge is 2.17. The lowest BCUT2D eigenvalue weighted by atomic mass is 10.1. The van der Waals surface area contributed by atoms with Crippen molar-refractivity contribution in [2.45, 2.75) is 26.3 Å². The van der Waals surface area contributed by atoms with Crippen molar-refractivity contribution in [3.05, 3.63) is 34.1 Å². The van der Waals surface area contributed by atoms with Crippen LogP contribution in [0.3, 0.4) is 0 Å². The summed E-state index contributed by atoms with van der Waals surface area (Å²) < 4.78 is 6.69. The van der Waals surface area contributed by atoms with Gasteiger partial charge in [0.05, 0.1) is 11.6 Å². The number of rotatable bonds is 4. The fourth-order valence-corrected chi connectivity index (χ4v) is 2.21. The number of benzene rings is 1. The molecule has 0 fully saturated rings. The number of aromatic nitrogens is 2. The molecule has 0 aliphatic rings. The highest BCUT2D eigenvalue weighted by molar-refractivity contribution is 9.10. The van der Waals surface area contributed by atoms with Crippen LogP contribution in [0.2, 0.25) is 0 Å². The zero-order valence-corrected chi connectivity index (χ0v) is 12.3. The first-order valence-electron chi connectivity index (χ1n) is 5.93. The van der Waals surface area contributed by atoms with Gasteiger partial charge in [0.2, 0.25) is 11.8 Å². The van der Waals surface area contributed by atoms with Crippen molar-refractivity contribution < 1.29 is 4.42 Å². The van der Waals surface area contributed by atoms with Crippen molar-refractivity contribution >= 4 is 15.9 Å². The van der Waals surface area contributed by atoms with Crippen molar-refractivity contribution in [1.29, 1.82) is 0 Å². The molecule has 4 nitrogen and oxygen atoms in total. The molecule has 1 heterocycles. The van der Waals surface area contributed by atoms with E-state index in [0.29, 0.717) is 11.8 Å².